The Morgan fingerprint density at radius 3 is 2.42 bits per heavy atom. The first kappa shape index (κ1) is 18.5. The Morgan fingerprint density at radius 1 is 1.12 bits per heavy atom. The molecule has 0 fully saturated rings. The van der Waals surface area contributed by atoms with Crippen molar-refractivity contribution in [2.45, 2.75) is 12.5 Å². The van der Waals surface area contributed by atoms with Gasteiger partial charge in [0.25, 0.3) is 0 Å². The number of hydrogen-bond acceptors (Lipinski definition) is 5. The predicted octanol–water partition coefficient (Wildman–Crippen LogP) is 3.47. The fourth-order valence-electron chi connectivity index (χ4n) is 2.96. The summed E-state index contributed by atoms with van der Waals surface area (Å²) in [6.45, 7) is 0. The van der Waals surface area contributed by atoms with Gasteiger partial charge in [-0.25, -0.2) is 8.42 Å². The molecule has 0 radical (unpaired) electrons. The molecule has 3 rings (SSSR count). The summed E-state index contributed by atoms with van der Waals surface area (Å²) >= 11 is 6.29. The molecule has 0 aromatic heterocycles. The van der Waals surface area contributed by atoms with Gasteiger partial charge in [-0.05, 0) is 29.8 Å². The zero-order chi connectivity index (χ0) is 18.9. The topological polar surface area (TPSA) is 68.2 Å². The van der Waals surface area contributed by atoms with Gasteiger partial charge < -0.3 is 9.47 Å². The van der Waals surface area contributed by atoms with Gasteiger partial charge in [0.15, 0.2) is 11.5 Å². The third-order valence-electron chi connectivity index (χ3n) is 4.19. The number of halogens is 1. The van der Waals surface area contributed by atoms with Crippen LogP contribution in [-0.2, 0) is 10.0 Å². The van der Waals surface area contributed by atoms with Crippen LogP contribution in [0.2, 0.25) is 5.02 Å². The van der Waals surface area contributed by atoms with Crippen molar-refractivity contribution < 1.29 is 17.9 Å². The minimum atomic E-state index is -3.55. The molecule has 0 saturated heterocycles. The number of hydrogen-bond donors (Lipinski definition) is 0. The maximum Gasteiger partial charge on any atom is 0.247 e. The van der Waals surface area contributed by atoms with E-state index in [1.54, 1.807) is 32.4 Å². The van der Waals surface area contributed by atoms with Gasteiger partial charge in [-0.1, -0.05) is 29.8 Å². The summed E-state index contributed by atoms with van der Waals surface area (Å²) in [7, 11) is -0.447. The molecule has 6 nitrogen and oxygen atoms in total. The van der Waals surface area contributed by atoms with E-state index in [4.69, 9.17) is 21.1 Å². The minimum Gasteiger partial charge on any atom is -0.493 e. The van der Waals surface area contributed by atoms with E-state index >= 15 is 0 Å². The number of ether oxygens (including phenoxy) is 2. The maximum absolute atomic E-state index is 12.3. The number of sulfonamides is 1. The van der Waals surface area contributed by atoms with Crippen molar-refractivity contribution in [1.29, 1.82) is 0 Å². The van der Waals surface area contributed by atoms with Gasteiger partial charge in [0.2, 0.25) is 10.0 Å². The van der Waals surface area contributed by atoms with E-state index in [-0.39, 0.29) is 0 Å². The third-order valence-corrected chi connectivity index (χ3v) is 5.55. The molecule has 8 heteroatoms. The standard InChI is InChI=1S/C18H19ClN2O4S/c1-24-17-9-8-12(10-18(17)25-2)15-11-16(21(20-15)26(3,22)23)13-6-4-5-7-14(13)19/h4-10,16H,11H2,1-3H3/t16-/m1/s1. The highest BCUT2D eigenvalue weighted by molar-refractivity contribution is 7.88. The normalized spacial score (nSPS) is 17.2. The SMILES string of the molecule is COc1ccc(C2=NN(S(C)(=O)=O)[C@@H](c3ccccc3Cl)C2)cc1OC. The molecule has 2 aromatic carbocycles. The summed E-state index contributed by atoms with van der Waals surface area (Å²) in [4.78, 5) is 0. The Labute approximate surface area is 158 Å². The van der Waals surface area contributed by atoms with Crippen molar-refractivity contribution >= 4 is 27.3 Å². The molecule has 138 valence electrons. The van der Waals surface area contributed by atoms with Crippen LogP contribution in [0.15, 0.2) is 47.6 Å². The van der Waals surface area contributed by atoms with Gasteiger partial charge in [-0.15, -0.1) is 0 Å². The van der Waals surface area contributed by atoms with Crippen molar-refractivity contribution in [3.8, 4) is 11.5 Å². The number of rotatable bonds is 5. The predicted molar refractivity (Wildman–Crippen MR) is 102 cm³/mol. The largest absolute Gasteiger partial charge is 0.493 e. The van der Waals surface area contributed by atoms with Crippen LogP contribution in [0.5, 0.6) is 11.5 Å². The molecule has 1 aliphatic rings. The molecule has 26 heavy (non-hydrogen) atoms. The Hall–Kier alpha value is -2.25. The van der Waals surface area contributed by atoms with Gasteiger partial charge in [-0.3, -0.25) is 0 Å². The van der Waals surface area contributed by atoms with Crippen molar-refractivity contribution in [3.05, 3.63) is 58.6 Å². The summed E-state index contributed by atoms with van der Waals surface area (Å²) < 4.78 is 36.2. The summed E-state index contributed by atoms with van der Waals surface area (Å²) in [6, 6.07) is 12.1. The van der Waals surface area contributed by atoms with Gasteiger partial charge >= 0.3 is 0 Å². The van der Waals surface area contributed by atoms with Gasteiger partial charge in [0.05, 0.1) is 32.2 Å². The lowest BCUT2D eigenvalue weighted by molar-refractivity contribution is 0.355. The molecule has 0 unspecified atom stereocenters. The molecule has 1 heterocycles. The second kappa shape index (κ2) is 7.17. The van der Waals surface area contributed by atoms with E-state index in [2.05, 4.69) is 5.10 Å². The van der Waals surface area contributed by atoms with Crippen LogP contribution >= 0.6 is 11.6 Å². The highest BCUT2D eigenvalue weighted by Crippen LogP contribution is 2.38. The third kappa shape index (κ3) is 3.50. The van der Waals surface area contributed by atoms with E-state index in [0.717, 1.165) is 21.8 Å². The van der Waals surface area contributed by atoms with Gasteiger partial charge in [0, 0.05) is 17.0 Å². The van der Waals surface area contributed by atoms with Crippen molar-refractivity contribution in [1.82, 2.24) is 4.41 Å². The molecule has 1 atom stereocenters. The molecule has 0 amide bonds. The quantitative estimate of drug-likeness (QED) is 0.778. The molecule has 0 spiro atoms. The fourth-order valence-corrected chi connectivity index (χ4v) is 4.12. The smallest absolute Gasteiger partial charge is 0.247 e. The van der Waals surface area contributed by atoms with E-state index in [0.29, 0.717) is 28.7 Å². The van der Waals surface area contributed by atoms with Gasteiger partial charge in [0.1, 0.15) is 0 Å². The number of hydrazone groups is 1. The highest BCUT2D eigenvalue weighted by atomic mass is 35.5. The zero-order valence-corrected chi connectivity index (χ0v) is 16.2. The summed E-state index contributed by atoms with van der Waals surface area (Å²) in [5.74, 6) is 1.15. The number of nitrogens with zero attached hydrogens (tertiary/aromatic N) is 2. The molecule has 0 N–H and O–H groups in total. The summed E-state index contributed by atoms with van der Waals surface area (Å²) in [5, 5.41) is 4.88. The average Bonchev–Trinajstić information content (AvgIpc) is 3.07. The van der Waals surface area contributed by atoms with E-state index in [1.165, 1.54) is 0 Å². The number of methoxy groups -OCH3 is 2. The lowest BCUT2D eigenvalue weighted by Crippen LogP contribution is -2.26. The molecule has 1 aliphatic heterocycles. The van der Waals surface area contributed by atoms with Crippen LogP contribution < -0.4 is 9.47 Å². The molecular formula is C18H19ClN2O4S. The number of benzene rings is 2. The van der Waals surface area contributed by atoms with Crippen molar-refractivity contribution in [2.24, 2.45) is 5.10 Å². The lowest BCUT2D eigenvalue weighted by Gasteiger charge is -2.22. The monoisotopic (exact) mass is 394 g/mol. The second-order valence-electron chi connectivity index (χ2n) is 5.89. The molecule has 0 saturated carbocycles. The minimum absolute atomic E-state index is 0.409. The Bertz CT molecular complexity index is 959. The average molecular weight is 395 g/mol. The Kier molecular flexibility index (Phi) is 5.11. The summed E-state index contributed by atoms with van der Waals surface area (Å²) in [6.07, 6.45) is 1.55. The van der Waals surface area contributed by atoms with Crippen LogP contribution in [-0.4, -0.2) is 39.0 Å². The molecule has 0 aliphatic carbocycles. The van der Waals surface area contributed by atoms with E-state index < -0.39 is 16.1 Å². The van der Waals surface area contributed by atoms with E-state index in [1.807, 2.05) is 24.3 Å². The zero-order valence-electron chi connectivity index (χ0n) is 14.6. The molecular weight excluding hydrogens is 376 g/mol. The Morgan fingerprint density at radius 2 is 1.81 bits per heavy atom. The maximum atomic E-state index is 12.3. The fraction of sp³-hybridized carbons (Fsp3) is 0.278. The molecule has 0 bridgehead atoms. The van der Waals surface area contributed by atoms with Gasteiger partial charge in [-0.2, -0.15) is 9.52 Å². The first-order chi connectivity index (χ1) is 12.3. The van der Waals surface area contributed by atoms with Crippen LogP contribution in [0.4, 0.5) is 0 Å². The lowest BCUT2D eigenvalue weighted by atomic mass is 9.99. The van der Waals surface area contributed by atoms with E-state index in [9.17, 15) is 8.42 Å². The van der Waals surface area contributed by atoms with Crippen molar-refractivity contribution in [3.63, 3.8) is 0 Å². The van der Waals surface area contributed by atoms with Crippen molar-refractivity contribution in [2.75, 3.05) is 20.5 Å². The first-order valence-electron chi connectivity index (χ1n) is 7.89. The van der Waals surface area contributed by atoms with Crippen LogP contribution in [0, 0.1) is 0 Å². The Balaban J connectivity index is 2.04. The van der Waals surface area contributed by atoms with Crippen LogP contribution in [0.25, 0.3) is 0 Å². The summed E-state index contributed by atoms with van der Waals surface area (Å²) in [5.41, 5.74) is 2.13. The van der Waals surface area contributed by atoms with Crippen LogP contribution in [0.3, 0.4) is 0 Å². The molecule has 2 aromatic rings. The first-order valence-corrected chi connectivity index (χ1v) is 10.1. The van der Waals surface area contributed by atoms with Crippen LogP contribution in [0.1, 0.15) is 23.6 Å². The highest BCUT2D eigenvalue weighted by Gasteiger charge is 2.35. The second-order valence-corrected chi connectivity index (χ2v) is 8.14.